The second kappa shape index (κ2) is 14.7. The van der Waals surface area contributed by atoms with Crippen molar-refractivity contribution in [2.24, 2.45) is 0 Å². The van der Waals surface area contributed by atoms with E-state index in [0.717, 1.165) is 12.8 Å². The van der Waals surface area contributed by atoms with Gasteiger partial charge in [0.15, 0.2) is 0 Å². The predicted molar refractivity (Wildman–Crippen MR) is 99.6 cm³/mol. The van der Waals surface area contributed by atoms with E-state index in [0.29, 0.717) is 6.61 Å². The van der Waals surface area contributed by atoms with Gasteiger partial charge in [-0.05, 0) is 19.3 Å². The lowest BCUT2D eigenvalue weighted by Gasteiger charge is -2.20. The Balaban J connectivity index is 1.87. The van der Waals surface area contributed by atoms with Crippen LogP contribution in [0.1, 0.15) is 71.1 Å². The molecule has 0 spiro atoms. The van der Waals surface area contributed by atoms with Crippen LogP contribution in [0.15, 0.2) is 12.2 Å². The lowest BCUT2D eigenvalue weighted by atomic mass is 10.1. The predicted octanol–water partition coefficient (Wildman–Crippen LogP) is 2.96. The monoisotopic (exact) mass is 358 g/mol. The van der Waals surface area contributed by atoms with Crippen LogP contribution in [0.5, 0.6) is 0 Å². The summed E-state index contributed by atoms with van der Waals surface area (Å²) in [5.41, 5.74) is 0. The summed E-state index contributed by atoms with van der Waals surface area (Å²) in [6, 6.07) is 0. The first-order valence-corrected chi connectivity index (χ1v) is 10.0. The Morgan fingerprint density at radius 1 is 1.00 bits per heavy atom. The van der Waals surface area contributed by atoms with Crippen molar-refractivity contribution in [3.63, 3.8) is 0 Å². The Labute approximate surface area is 153 Å². The van der Waals surface area contributed by atoms with E-state index in [2.05, 4.69) is 19.1 Å². The molecule has 1 heterocycles. The fraction of sp³-hybridized carbons (Fsp3) is 0.900. The molecule has 25 heavy (non-hydrogen) atoms. The standard InChI is InChI=1S/C20H38O5/c1-2-3-4-5-6-7-8-9-10-11-12-13-14-24-15-18(22)20-19(23)17(21)16-25-20/h11-12,17-23H,2-10,13-16H2,1H3/b12-11+/t17-,18+,19+,20+/m0/s1. The Morgan fingerprint density at radius 2 is 1.64 bits per heavy atom. The number of aliphatic hydroxyl groups is 3. The molecule has 0 bridgehead atoms. The van der Waals surface area contributed by atoms with Gasteiger partial charge in [0, 0.05) is 0 Å². The molecular weight excluding hydrogens is 320 g/mol. The molecule has 1 aliphatic heterocycles. The normalized spacial score (nSPS) is 25.0. The topological polar surface area (TPSA) is 79.2 Å². The number of unbranched alkanes of at least 4 members (excludes halogenated alkanes) is 8. The molecule has 4 atom stereocenters. The minimum absolute atomic E-state index is 0.0599. The second-order valence-electron chi connectivity index (χ2n) is 7.02. The zero-order valence-electron chi connectivity index (χ0n) is 15.8. The van der Waals surface area contributed by atoms with Crippen molar-refractivity contribution in [2.75, 3.05) is 19.8 Å². The summed E-state index contributed by atoms with van der Waals surface area (Å²) < 4.78 is 10.6. The maximum atomic E-state index is 9.89. The van der Waals surface area contributed by atoms with Gasteiger partial charge in [-0.1, -0.05) is 64.0 Å². The summed E-state index contributed by atoms with van der Waals surface area (Å²) >= 11 is 0. The highest BCUT2D eigenvalue weighted by Crippen LogP contribution is 2.17. The van der Waals surface area contributed by atoms with Crippen molar-refractivity contribution in [1.29, 1.82) is 0 Å². The third-order valence-electron chi connectivity index (χ3n) is 4.68. The lowest BCUT2D eigenvalue weighted by Crippen LogP contribution is -2.40. The van der Waals surface area contributed by atoms with E-state index in [-0.39, 0.29) is 13.2 Å². The van der Waals surface area contributed by atoms with Gasteiger partial charge in [0.25, 0.3) is 0 Å². The third-order valence-corrected chi connectivity index (χ3v) is 4.68. The summed E-state index contributed by atoms with van der Waals surface area (Å²) in [5.74, 6) is 0. The molecule has 0 aromatic rings. The summed E-state index contributed by atoms with van der Waals surface area (Å²) in [4.78, 5) is 0. The lowest BCUT2D eigenvalue weighted by molar-refractivity contribution is -0.0806. The van der Waals surface area contributed by atoms with Gasteiger partial charge in [-0.15, -0.1) is 0 Å². The summed E-state index contributed by atoms with van der Waals surface area (Å²) in [7, 11) is 0. The minimum atomic E-state index is -1.04. The Hall–Kier alpha value is -0.460. The van der Waals surface area contributed by atoms with E-state index in [1.54, 1.807) is 0 Å². The van der Waals surface area contributed by atoms with Gasteiger partial charge >= 0.3 is 0 Å². The fourth-order valence-corrected chi connectivity index (χ4v) is 3.05. The van der Waals surface area contributed by atoms with Crippen LogP contribution in [-0.2, 0) is 9.47 Å². The average molecular weight is 359 g/mol. The number of aliphatic hydroxyl groups excluding tert-OH is 3. The molecular formula is C20H38O5. The number of hydrogen-bond acceptors (Lipinski definition) is 5. The van der Waals surface area contributed by atoms with E-state index in [1.807, 2.05) is 0 Å². The zero-order chi connectivity index (χ0) is 18.3. The van der Waals surface area contributed by atoms with Crippen LogP contribution in [-0.4, -0.2) is 59.6 Å². The molecule has 5 heteroatoms. The van der Waals surface area contributed by atoms with E-state index in [4.69, 9.17) is 9.47 Å². The first-order valence-electron chi connectivity index (χ1n) is 10.0. The fourth-order valence-electron chi connectivity index (χ4n) is 3.05. The Bertz CT molecular complexity index is 334. The van der Waals surface area contributed by atoms with Crippen molar-refractivity contribution >= 4 is 0 Å². The molecule has 1 saturated heterocycles. The van der Waals surface area contributed by atoms with Crippen LogP contribution in [0, 0.1) is 0 Å². The molecule has 5 nitrogen and oxygen atoms in total. The summed E-state index contributed by atoms with van der Waals surface area (Å²) in [5, 5.41) is 28.9. The molecule has 0 aromatic heterocycles. The van der Waals surface area contributed by atoms with Crippen molar-refractivity contribution in [3.05, 3.63) is 12.2 Å². The van der Waals surface area contributed by atoms with Gasteiger partial charge in [0.2, 0.25) is 0 Å². The maximum Gasteiger partial charge on any atom is 0.114 e. The van der Waals surface area contributed by atoms with E-state index in [9.17, 15) is 15.3 Å². The molecule has 1 aliphatic rings. The van der Waals surface area contributed by atoms with Crippen LogP contribution < -0.4 is 0 Å². The summed E-state index contributed by atoms with van der Waals surface area (Å²) in [6.45, 7) is 2.96. The molecule has 0 aromatic carbocycles. The van der Waals surface area contributed by atoms with Crippen LogP contribution >= 0.6 is 0 Å². The quantitative estimate of drug-likeness (QED) is 0.310. The van der Waals surface area contributed by atoms with E-state index in [1.165, 1.54) is 51.4 Å². The molecule has 0 saturated carbocycles. The van der Waals surface area contributed by atoms with Gasteiger partial charge in [-0.3, -0.25) is 0 Å². The average Bonchev–Trinajstić information content (AvgIpc) is 2.94. The third kappa shape index (κ3) is 10.3. The Kier molecular flexibility index (Phi) is 13.3. The van der Waals surface area contributed by atoms with Gasteiger partial charge in [0.1, 0.15) is 24.4 Å². The number of hydrogen-bond donors (Lipinski definition) is 3. The van der Waals surface area contributed by atoms with Gasteiger partial charge in [-0.25, -0.2) is 0 Å². The van der Waals surface area contributed by atoms with Gasteiger partial charge < -0.3 is 24.8 Å². The van der Waals surface area contributed by atoms with Crippen LogP contribution in [0.3, 0.4) is 0 Å². The molecule has 0 unspecified atom stereocenters. The van der Waals surface area contributed by atoms with Gasteiger partial charge in [0.05, 0.1) is 19.8 Å². The summed E-state index contributed by atoms with van der Waals surface area (Å²) in [6.07, 6.45) is 13.4. The van der Waals surface area contributed by atoms with Gasteiger partial charge in [-0.2, -0.15) is 0 Å². The van der Waals surface area contributed by atoms with Crippen LogP contribution in [0.2, 0.25) is 0 Å². The van der Waals surface area contributed by atoms with Crippen molar-refractivity contribution in [2.45, 2.75) is 95.5 Å². The van der Waals surface area contributed by atoms with E-state index < -0.39 is 24.4 Å². The first kappa shape index (κ1) is 22.6. The first-order chi connectivity index (χ1) is 12.2. The molecule has 1 fully saturated rings. The Morgan fingerprint density at radius 3 is 2.28 bits per heavy atom. The number of rotatable bonds is 15. The smallest absolute Gasteiger partial charge is 0.114 e. The molecule has 0 amide bonds. The largest absolute Gasteiger partial charge is 0.388 e. The molecule has 3 N–H and O–H groups in total. The molecule has 148 valence electrons. The highest BCUT2D eigenvalue weighted by Gasteiger charge is 2.39. The molecule has 1 rings (SSSR count). The minimum Gasteiger partial charge on any atom is -0.388 e. The highest BCUT2D eigenvalue weighted by molar-refractivity contribution is 4.88. The maximum absolute atomic E-state index is 9.89. The zero-order valence-corrected chi connectivity index (χ0v) is 15.8. The second-order valence-corrected chi connectivity index (χ2v) is 7.02. The number of allylic oxidation sites excluding steroid dienone is 1. The SMILES string of the molecule is CCCCCCCCCC/C=C/CCOC[C@@H](O)[C@H]1OC[C@H](O)[C@H]1O. The molecule has 0 aliphatic carbocycles. The number of ether oxygens (including phenoxy) is 2. The van der Waals surface area contributed by atoms with Crippen molar-refractivity contribution in [1.82, 2.24) is 0 Å². The van der Waals surface area contributed by atoms with Crippen LogP contribution in [0.4, 0.5) is 0 Å². The van der Waals surface area contributed by atoms with Crippen molar-refractivity contribution in [3.8, 4) is 0 Å². The molecule has 0 radical (unpaired) electrons. The van der Waals surface area contributed by atoms with E-state index >= 15 is 0 Å². The van der Waals surface area contributed by atoms with Crippen LogP contribution in [0.25, 0.3) is 0 Å². The highest BCUT2D eigenvalue weighted by atomic mass is 16.5. The van der Waals surface area contributed by atoms with Crippen molar-refractivity contribution < 1.29 is 24.8 Å².